The standard InChI is InChI=1S/C19H23F2N5O2S/c1-2-17(29)23-11-14-12-26(19(27)28-14)13-9-15(20)18(16(21)10-13)25-7-5-24(4-3-22)6-8-25/h9-10,14H,2,4-8,11-12H2,1H3,(H,23,29)/t14-/m0/s1. The van der Waals surface area contributed by atoms with Crippen LogP contribution < -0.4 is 15.1 Å². The number of carbonyl (C=O) groups excluding carboxylic acids is 1. The summed E-state index contributed by atoms with van der Waals surface area (Å²) in [5.41, 5.74) is 0.0156. The number of hydrogen-bond acceptors (Lipinski definition) is 6. The lowest BCUT2D eigenvalue weighted by molar-refractivity contribution is 0.143. The first-order chi connectivity index (χ1) is 13.9. The van der Waals surface area contributed by atoms with Crippen molar-refractivity contribution in [3.05, 3.63) is 23.8 Å². The molecule has 0 aromatic heterocycles. The molecule has 0 unspecified atom stereocenters. The Balaban J connectivity index is 1.69. The van der Waals surface area contributed by atoms with Gasteiger partial charge in [-0.15, -0.1) is 0 Å². The summed E-state index contributed by atoms with van der Waals surface area (Å²) >= 11 is 5.09. The second-order valence-corrected chi connectivity index (χ2v) is 7.45. The summed E-state index contributed by atoms with van der Waals surface area (Å²) in [7, 11) is 0. The van der Waals surface area contributed by atoms with Gasteiger partial charge in [0.05, 0.1) is 36.4 Å². The van der Waals surface area contributed by atoms with Crippen molar-refractivity contribution in [1.29, 1.82) is 5.26 Å². The molecule has 2 fully saturated rings. The smallest absolute Gasteiger partial charge is 0.414 e. The number of hydrogen-bond donors (Lipinski definition) is 1. The quantitative estimate of drug-likeness (QED) is 0.556. The number of cyclic esters (lactones) is 1. The van der Waals surface area contributed by atoms with E-state index in [-0.39, 0.29) is 17.9 Å². The Bertz CT molecular complexity index is 800. The van der Waals surface area contributed by atoms with E-state index in [0.717, 1.165) is 12.1 Å². The number of anilines is 2. The van der Waals surface area contributed by atoms with Crippen molar-refractivity contribution in [1.82, 2.24) is 10.2 Å². The van der Waals surface area contributed by atoms with Crippen molar-refractivity contribution in [2.24, 2.45) is 0 Å². The predicted octanol–water partition coefficient (Wildman–Crippen LogP) is 2.26. The molecule has 7 nitrogen and oxygen atoms in total. The summed E-state index contributed by atoms with van der Waals surface area (Å²) in [6, 6.07) is 4.40. The van der Waals surface area contributed by atoms with E-state index in [4.69, 9.17) is 22.2 Å². The Labute approximate surface area is 173 Å². The molecule has 0 aliphatic carbocycles. The van der Waals surface area contributed by atoms with Crippen molar-refractivity contribution in [2.75, 3.05) is 55.6 Å². The van der Waals surface area contributed by atoms with E-state index >= 15 is 0 Å². The van der Waals surface area contributed by atoms with E-state index in [1.807, 2.05) is 11.8 Å². The molecule has 2 heterocycles. The van der Waals surface area contributed by atoms with Crippen molar-refractivity contribution in [3.8, 4) is 6.07 Å². The van der Waals surface area contributed by atoms with Gasteiger partial charge in [-0.2, -0.15) is 5.26 Å². The zero-order chi connectivity index (χ0) is 21.0. The lowest BCUT2D eigenvalue weighted by atomic mass is 10.2. The summed E-state index contributed by atoms with van der Waals surface area (Å²) in [6.07, 6.45) is -0.413. The topological polar surface area (TPSA) is 71.8 Å². The van der Waals surface area contributed by atoms with Crippen LogP contribution in [0.15, 0.2) is 12.1 Å². The number of nitrogens with zero attached hydrogens (tertiary/aromatic N) is 4. The number of benzene rings is 1. The summed E-state index contributed by atoms with van der Waals surface area (Å²) < 4.78 is 34.8. The molecule has 2 aliphatic rings. The molecule has 1 amide bonds. The van der Waals surface area contributed by atoms with E-state index in [2.05, 4.69) is 11.4 Å². The number of thiocarbonyl (C=S) groups is 1. The van der Waals surface area contributed by atoms with Crippen LogP contribution in [0, 0.1) is 23.0 Å². The van der Waals surface area contributed by atoms with E-state index < -0.39 is 23.8 Å². The maximum Gasteiger partial charge on any atom is 0.414 e. The van der Waals surface area contributed by atoms with Gasteiger partial charge in [-0.1, -0.05) is 19.1 Å². The fourth-order valence-corrected chi connectivity index (χ4v) is 3.51. The summed E-state index contributed by atoms with van der Waals surface area (Å²) in [5.74, 6) is -1.45. The first-order valence-electron chi connectivity index (χ1n) is 9.51. The maximum atomic E-state index is 14.8. The third-order valence-electron chi connectivity index (χ3n) is 5.02. The first kappa shape index (κ1) is 21.2. The number of ether oxygens (including phenoxy) is 1. The number of amides is 1. The zero-order valence-corrected chi connectivity index (χ0v) is 17.0. The van der Waals surface area contributed by atoms with Crippen LogP contribution in [0.25, 0.3) is 0 Å². The summed E-state index contributed by atoms with van der Waals surface area (Å²) in [4.78, 5) is 17.6. The zero-order valence-electron chi connectivity index (χ0n) is 16.2. The van der Waals surface area contributed by atoms with E-state index in [1.165, 1.54) is 4.90 Å². The molecule has 2 aliphatic heterocycles. The molecule has 2 saturated heterocycles. The van der Waals surface area contributed by atoms with Crippen LogP contribution >= 0.6 is 12.2 Å². The van der Waals surface area contributed by atoms with Gasteiger partial charge < -0.3 is 15.0 Å². The maximum absolute atomic E-state index is 14.8. The average Bonchev–Trinajstić information content (AvgIpc) is 3.07. The molecule has 3 rings (SSSR count). The highest BCUT2D eigenvalue weighted by molar-refractivity contribution is 7.80. The van der Waals surface area contributed by atoms with Gasteiger partial charge in [0.2, 0.25) is 0 Å². The SMILES string of the molecule is CCC(=S)NC[C@H]1CN(c2cc(F)c(N3CCN(CC#N)CC3)c(F)c2)C(=O)O1. The number of piperazine rings is 1. The molecule has 10 heteroatoms. The molecule has 1 N–H and O–H groups in total. The molecule has 0 spiro atoms. The van der Waals surface area contributed by atoms with E-state index in [9.17, 15) is 13.6 Å². The van der Waals surface area contributed by atoms with Crippen LogP contribution in [-0.2, 0) is 4.74 Å². The normalized spacial score (nSPS) is 19.8. The number of nitriles is 1. The summed E-state index contributed by atoms with van der Waals surface area (Å²) in [6.45, 7) is 4.71. The second kappa shape index (κ2) is 9.33. The van der Waals surface area contributed by atoms with Crippen LogP contribution in [0.3, 0.4) is 0 Å². The number of carbonyl (C=O) groups is 1. The Hall–Kier alpha value is -2.51. The predicted molar refractivity (Wildman–Crippen MR) is 109 cm³/mol. The Morgan fingerprint density at radius 2 is 1.97 bits per heavy atom. The molecule has 1 aromatic carbocycles. The minimum Gasteiger partial charge on any atom is -0.442 e. The van der Waals surface area contributed by atoms with Gasteiger partial charge in [-0.3, -0.25) is 9.80 Å². The van der Waals surface area contributed by atoms with Crippen LogP contribution in [-0.4, -0.2) is 67.9 Å². The van der Waals surface area contributed by atoms with Crippen molar-refractivity contribution >= 4 is 34.7 Å². The lowest BCUT2D eigenvalue weighted by Crippen LogP contribution is -2.47. The number of halogens is 2. The van der Waals surface area contributed by atoms with Gasteiger partial charge in [0, 0.05) is 38.3 Å². The third kappa shape index (κ3) is 4.92. The summed E-state index contributed by atoms with van der Waals surface area (Å²) in [5, 5.41) is 11.8. The highest BCUT2D eigenvalue weighted by Gasteiger charge is 2.34. The van der Waals surface area contributed by atoms with Gasteiger partial charge >= 0.3 is 6.09 Å². The van der Waals surface area contributed by atoms with Gasteiger partial charge in [-0.05, 0) is 6.42 Å². The van der Waals surface area contributed by atoms with Crippen LogP contribution in [0.2, 0.25) is 0 Å². The minimum atomic E-state index is -0.727. The van der Waals surface area contributed by atoms with Crippen LogP contribution in [0.5, 0.6) is 0 Å². The number of rotatable bonds is 6. The Kier molecular flexibility index (Phi) is 6.82. The molecular formula is C19H23F2N5O2S. The molecule has 1 atom stereocenters. The Morgan fingerprint density at radius 3 is 2.55 bits per heavy atom. The fourth-order valence-electron chi connectivity index (χ4n) is 3.43. The minimum absolute atomic E-state index is 0.107. The van der Waals surface area contributed by atoms with E-state index in [0.29, 0.717) is 50.7 Å². The lowest BCUT2D eigenvalue weighted by Gasteiger charge is -2.35. The number of nitrogens with one attached hydrogen (secondary N) is 1. The first-order valence-corrected chi connectivity index (χ1v) is 9.92. The monoisotopic (exact) mass is 423 g/mol. The second-order valence-electron chi connectivity index (χ2n) is 6.95. The molecular weight excluding hydrogens is 400 g/mol. The van der Waals surface area contributed by atoms with Gasteiger partial charge in [0.1, 0.15) is 11.8 Å². The van der Waals surface area contributed by atoms with Gasteiger partial charge in [-0.25, -0.2) is 13.6 Å². The highest BCUT2D eigenvalue weighted by Crippen LogP contribution is 2.31. The van der Waals surface area contributed by atoms with Crippen molar-refractivity contribution in [2.45, 2.75) is 19.4 Å². The molecule has 0 saturated carbocycles. The molecule has 29 heavy (non-hydrogen) atoms. The highest BCUT2D eigenvalue weighted by atomic mass is 32.1. The van der Waals surface area contributed by atoms with Crippen LogP contribution in [0.4, 0.5) is 25.0 Å². The molecule has 1 aromatic rings. The molecule has 156 valence electrons. The fraction of sp³-hybridized carbons (Fsp3) is 0.526. The molecule has 0 bridgehead atoms. The van der Waals surface area contributed by atoms with Crippen molar-refractivity contribution in [3.63, 3.8) is 0 Å². The van der Waals surface area contributed by atoms with Gasteiger partial charge in [0.25, 0.3) is 0 Å². The van der Waals surface area contributed by atoms with E-state index in [1.54, 1.807) is 4.90 Å². The molecule has 0 radical (unpaired) electrons. The van der Waals surface area contributed by atoms with Gasteiger partial charge in [0.15, 0.2) is 11.6 Å². The van der Waals surface area contributed by atoms with Crippen LogP contribution in [0.1, 0.15) is 13.3 Å². The van der Waals surface area contributed by atoms with Crippen molar-refractivity contribution < 1.29 is 18.3 Å². The third-order valence-corrected chi connectivity index (χ3v) is 5.45. The Morgan fingerprint density at radius 1 is 1.31 bits per heavy atom. The largest absolute Gasteiger partial charge is 0.442 e. The average molecular weight is 423 g/mol.